The molecule has 0 aliphatic heterocycles. The van der Waals surface area contributed by atoms with Crippen LogP contribution in [0.3, 0.4) is 0 Å². The topological polar surface area (TPSA) is 52.0 Å². The summed E-state index contributed by atoms with van der Waals surface area (Å²) in [7, 11) is 0. The molecule has 0 aromatic heterocycles. The number of aryl methyl sites for hydroxylation is 1. The number of anilines is 2. The van der Waals surface area contributed by atoms with E-state index in [0.717, 1.165) is 33.6 Å². The molecule has 0 aliphatic carbocycles. The number of hydrogen-bond donors (Lipinski definition) is 2. The molecule has 2 heteroatoms. The fraction of sp³-hybridized carbons (Fsp3) is 0.0400. The third kappa shape index (κ3) is 3.30. The summed E-state index contributed by atoms with van der Waals surface area (Å²) in [6.45, 7) is 2.14. The first-order valence-electron chi connectivity index (χ1n) is 9.04. The highest BCUT2D eigenvalue weighted by Gasteiger charge is 2.13. The largest absolute Gasteiger partial charge is 0.399 e. The maximum absolute atomic E-state index is 6.40. The average Bonchev–Trinajstić information content (AvgIpc) is 2.69. The number of hydrogen-bond acceptors (Lipinski definition) is 2. The van der Waals surface area contributed by atoms with Gasteiger partial charge in [0.2, 0.25) is 0 Å². The molecule has 27 heavy (non-hydrogen) atoms. The summed E-state index contributed by atoms with van der Waals surface area (Å²) >= 11 is 0. The van der Waals surface area contributed by atoms with Crippen LogP contribution in [0.15, 0.2) is 91.0 Å². The second-order valence-corrected chi connectivity index (χ2v) is 6.79. The van der Waals surface area contributed by atoms with Crippen LogP contribution in [0.5, 0.6) is 0 Å². The summed E-state index contributed by atoms with van der Waals surface area (Å²) in [6.07, 6.45) is 0. The van der Waals surface area contributed by atoms with Gasteiger partial charge < -0.3 is 11.5 Å². The van der Waals surface area contributed by atoms with Crippen LogP contribution in [0.25, 0.3) is 33.4 Å². The van der Waals surface area contributed by atoms with Gasteiger partial charge in [-0.15, -0.1) is 0 Å². The number of benzene rings is 4. The lowest BCUT2D eigenvalue weighted by molar-refractivity contribution is 1.45. The van der Waals surface area contributed by atoms with Gasteiger partial charge in [0.15, 0.2) is 0 Å². The van der Waals surface area contributed by atoms with E-state index in [9.17, 15) is 0 Å². The van der Waals surface area contributed by atoms with E-state index in [-0.39, 0.29) is 0 Å². The molecule has 4 rings (SSSR count). The molecule has 0 saturated heterocycles. The smallest absolute Gasteiger partial charge is 0.0394 e. The lowest BCUT2D eigenvalue weighted by atomic mass is 9.89. The summed E-state index contributed by atoms with van der Waals surface area (Å²) in [4.78, 5) is 0. The molecule has 4 N–H and O–H groups in total. The Kier molecular flexibility index (Phi) is 4.39. The fourth-order valence-electron chi connectivity index (χ4n) is 3.52. The van der Waals surface area contributed by atoms with Gasteiger partial charge in [0, 0.05) is 16.9 Å². The van der Waals surface area contributed by atoms with Gasteiger partial charge in [-0.05, 0) is 64.6 Å². The van der Waals surface area contributed by atoms with Crippen molar-refractivity contribution < 1.29 is 0 Å². The highest BCUT2D eigenvalue weighted by atomic mass is 14.6. The predicted molar refractivity (Wildman–Crippen MR) is 116 cm³/mol. The molecular weight excluding hydrogens is 328 g/mol. The van der Waals surface area contributed by atoms with E-state index in [1.807, 2.05) is 36.4 Å². The van der Waals surface area contributed by atoms with Crippen LogP contribution >= 0.6 is 0 Å². The minimum atomic E-state index is 0.763. The Morgan fingerprint density at radius 3 is 2.00 bits per heavy atom. The van der Waals surface area contributed by atoms with Crippen LogP contribution in [0.1, 0.15) is 5.56 Å². The van der Waals surface area contributed by atoms with Gasteiger partial charge in [-0.2, -0.15) is 0 Å². The van der Waals surface area contributed by atoms with Crippen molar-refractivity contribution in [2.24, 2.45) is 0 Å². The zero-order valence-electron chi connectivity index (χ0n) is 15.3. The molecule has 0 radical (unpaired) electrons. The van der Waals surface area contributed by atoms with Crippen molar-refractivity contribution in [2.75, 3.05) is 11.5 Å². The Bertz CT molecular complexity index is 1080. The fourth-order valence-corrected chi connectivity index (χ4v) is 3.52. The monoisotopic (exact) mass is 350 g/mol. The Labute approximate surface area is 160 Å². The highest BCUT2D eigenvalue weighted by molar-refractivity contribution is 5.92. The van der Waals surface area contributed by atoms with E-state index in [1.165, 1.54) is 16.7 Å². The van der Waals surface area contributed by atoms with Gasteiger partial charge in [-0.1, -0.05) is 66.7 Å². The van der Waals surface area contributed by atoms with Crippen LogP contribution in [-0.4, -0.2) is 0 Å². The number of nitrogen functional groups attached to an aromatic ring is 2. The lowest BCUT2D eigenvalue weighted by Gasteiger charge is -2.16. The molecule has 0 aliphatic rings. The maximum Gasteiger partial charge on any atom is 0.0394 e. The van der Waals surface area contributed by atoms with Crippen molar-refractivity contribution >= 4 is 11.4 Å². The van der Waals surface area contributed by atoms with Gasteiger partial charge >= 0.3 is 0 Å². The molecule has 132 valence electrons. The molecule has 0 spiro atoms. The van der Waals surface area contributed by atoms with Crippen LogP contribution in [-0.2, 0) is 0 Å². The summed E-state index contributed by atoms with van der Waals surface area (Å²) < 4.78 is 0. The number of nitrogens with two attached hydrogens (primary N) is 2. The molecular formula is C25H22N2. The van der Waals surface area contributed by atoms with E-state index in [4.69, 9.17) is 11.5 Å². The molecule has 0 saturated carbocycles. The molecule has 0 fully saturated rings. The van der Waals surface area contributed by atoms with Gasteiger partial charge in [-0.25, -0.2) is 0 Å². The predicted octanol–water partition coefficient (Wildman–Crippen LogP) is 6.16. The first-order valence-corrected chi connectivity index (χ1v) is 9.04. The second-order valence-electron chi connectivity index (χ2n) is 6.79. The first kappa shape index (κ1) is 16.9. The molecule has 4 aromatic carbocycles. The van der Waals surface area contributed by atoms with Crippen molar-refractivity contribution in [3.8, 4) is 33.4 Å². The van der Waals surface area contributed by atoms with E-state index in [1.54, 1.807) is 0 Å². The standard InChI is InChI=1S/C25H22N2/c1-17-6-5-9-22(25(17)19-7-3-2-4-8-19)23-16-20(12-15-24(23)27)18-10-13-21(26)14-11-18/h2-16H,26-27H2,1H3. The van der Waals surface area contributed by atoms with Crippen LogP contribution < -0.4 is 11.5 Å². The average molecular weight is 350 g/mol. The zero-order chi connectivity index (χ0) is 18.8. The molecule has 2 nitrogen and oxygen atoms in total. The van der Waals surface area contributed by atoms with Crippen LogP contribution in [0.2, 0.25) is 0 Å². The van der Waals surface area contributed by atoms with Crippen molar-refractivity contribution in [1.29, 1.82) is 0 Å². The third-order valence-corrected chi connectivity index (χ3v) is 4.92. The van der Waals surface area contributed by atoms with E-state index in [2.05, 4.69) is 61.5 Å². The summed E-state index contributed by atoms with van der Waals surface area (Å²) in [5.74, 6) is 0. The second kappa shape index (κ2) is 7.00. The molecule has 0 heterocycles. The maximum atomic E-state index is 6.40. The molecule has 0 amide bonds. The van der Waals surface area contributed by atoms with Gasteiger partial charge in [0.25, 0.3) is 0 Å². The van der Waals surface area contributed by atoms with Crippen molar-refractivity contribution in [1.82, 2.24) is 0 Å². The zero-order valence-corrected chi connectivity index (χ0v) is 15.3. The minimum Gasteiger partial charge on any atom is -0.399 e. The Hall–Kier alpha value is -3.52. The Morgan fingerprint density at radius 2 is 1.26 bits per heavy atom. The Balaban J connectivity index is 1.91. The molecule has 0 atom stereocenters. The quantitative estimate of drug-likeness (QED) is 0.435. The van der Waals surface area contributed by atoms with Gasteiger partial charge in [0.05, 0.1) is 0 Å². The third-order valence-electron chi connectivity index (χ3n) is 4.92. The molecule has 0 bridgehead atoms. The van der Waals surface area contributed by atoms with Crippen LogP contribution in [0.4, 0.5) is 11.4 Å². The van der Waals surface area contributed by atoms with Crippen molar-refractivity contribution in [3.63, 3.8) is 0 Å². The van der Waals surface area contributed by atoms with E-state index >= 15 is 0 Å². The highest BCUT2D eigenvalue weighted by Crippen LogP contribution is 2.39. The van der Waals surface area contributed by atoms with Gasteiger partial charge in [0.1, 0.15) is 0 Å². The van der Waals surface area contributed by atoms with Gasteiger partial charge in [-0.3, -0.25) is 0 Å². The van der Waals surface area contributed by atoms with Crippen LogP contribution in [0, 0.1) is 6.92 Å². The summed E-state index contributed by atoms with van der Waals surface area (Å²) in [5, 5.41) is 0. The Morgan fingerprint density at radius 1 is 0.556 bits per heavy atom. The SMILES string of the molecule is Cc1cccc(-c2cc(-c3ccc(N)cc3)ccc2N)c1-c1ccccc1. The summed E-state index contributed by atoms with van der Waals surface area (Å²) in [5.41, 5.74) is 21.9. The normalized spacial score (nSPS) is 10.7. The van der Waals surface area contributed by atoms with Crippen molar-refractivity contribution in [3.05, 3.63) is 96.6 Å². The van der Waals surface area contributed by atoms with Crippen molar-refractivity contribution in [2.45, 2.75) is 6.92 Å². The van der Waals surface area contributed by atoms with E-state index < -0.39 is 0 Å². The molecule has 4 aromatic rings. The lowest BCUT2D eigenvalue weighted by Crippen LogP contribution is -1.95. The summed E-state index contributed by atoms with van der Waals surface area (Å²) in [6, 6.07) is 31.0. The minimum absolute atomic E-state index is 0.763. The number of rotatable bonds is 3. The van der Waals surface area contributed by atoms with E-state index in [0.29, 0.717) is 0 Å². The first-order chi connectivity index (χ1) is 13.1. The molecule has 0 unspecified atom stereocenters.